The van der Waals surface area contributed by atoms with Gasteiger partial charge in [0.25, 0.3) is 5.91 Å². The van der Waals surface area contributed by atoms with Crippen molar-refractivity contribution >= 4 is 39.5 Å². The summed E-state index contributed by atoms with van der Waals surface area (Å²) in [7, 11) is 0. The number of imidazole rings is 1. The van der Waals surface area contributed by atoms with Crippen molar-refractivity contribution < 1.29 is 19.4 Å². The van der Waals surface area contributed by atoms with Gasteiger partial charge in [0.05, 0.1) is 30.8 Å². The first-order valence-corrected chi connectivity index (χ1v) is 12.8. The predicted octanol–water partition coefficient (Wildman–Crippen LogP) is 4.91. The molecule has 2 atom stereocenters. The van der Waals surface area contributed by atoms with Gasteiger partial charge in [-0.15, -0.1) is 0 Å². The number of amides is 1. The molecule has 7 nitrogen and oxygen atoms in total. The molecule has 8 heteroatoms. The molecule has 0 radical (unpaired) electrons. The minimum Gasteiger partial charge on any atom is -0.459 e. The molecule has 1 aliphatic heterocycles. The molecule has 1 aliphatic rings. The van der Waals surface area contributed by atoms with Crippen LogP contribution in [0.1, 0.15) is 34.9 Å². The smallest absolute Gasteiger partial charge is 0.286 e. The van der Waals surface area contributed by atoms with Crippen LogP contribution in [0.2, 0.25) is 0 Å². The quantitative estimate of drug-likeness (QED) is 0.252. The number of halogens is 1. The normalized spacial score (nSPS) is 17.4. The zero-order chi connectivity index (χ0) is 24.9. The standard InChI is InChI=1S/C28H26IN3O4/c29-22-11-9-20(10-12-22)21-13-25(28(34)30-15-26-31-23-3-1-2-4-24(23)32-26)36-27(14-21)35-17-19-7-5-18(16-33)6-8-19/h1-13,21,27,33H,14-17H2,(H,30,34)(H,31,32)/t21-,27+/m1/s1. The number of para-hydroxylation sites is 2. The number of allylic oxidation sites excluding steroid dienone is 1. The molecule has 0 saturated heterocycles. The van der Waals surface area contributed by atoms with Crippen molar-refractivity contribution in [1.29, 1.82) is 0 Å². The molecule has 0 fully saturated rings. The van der Waals surface area contributed by atoms with Gasteiger partial charge in [0.1, 0.15) is 5.82 Å². The van der Waals surface area contributed by atoms with Crippen molar-refractivity contribution in [1.82, 2.24) is 15.3 Å². The number of aliphatic hydroxyl groups is 1. The van der Waals surface area contributed by atoms with Gasteiger partial charge >= 0.3 is 0 Å². The summed E-state index contributed by atoms with van der Waals surface area (Å²) in [6.07, 6.45) is 1.88. The summed E-state index contributed by atoms with van der Waals surface area (Å²) in [6, 6.07) is 23.6. The van der Waals surface area contributed by atoms with E-state index in [0.717, 1.165) is 31.3 Å². The molecule has 5 rings (SSSR count). The van der Waals surface area contributed by atoms with Crippen LogP contribution in [0, 0.1) is 3.57 Å². The van der Waals surface area contributed by atoms with Crippen molar-refractivity contribution in [3.05, 3.63) is 111 Å². The minimum absolute atomic E-state index is 0.00185. The molecule has 0 spiro atoms. The van der Waals surface area contributed by atoms with E-state index in [1.807, 2.05) is 54.6 Å². The van der Waals surface area contributed by atoms with Crippen LogP contribution < -0.4 is 5.32 Å². The molecule has 1 aromatic heterocycles. The van der Waals surface area contributed by atoms with Crippen LogP contribution in [0.4, 0.5) is 0 Å². The van der Waals surface area contributed by atoms with Crippen LogP contribution in [0.5, 0.6) is 0 Å². The molecule has 0 saturated carbocycles. The van der Waals surface area contributed by atoms with E-state index < -0.39 is 6.29 Å². The first-order valence-electron chi connectivity index (χ1n) is 11.7. The SMILES string of the molecule is O=C(NCc1nc2ccccc2[nH]1)C1=C[C@@H](c2ccc(I)cc2)C[C@@H](OCc2ccc(CO)cc2)O1. The van der Waals surface area contributed by atoms with Crippen molar-refractivity contribution in [2.24, 2.45) is 0 Å². The van der Waals surface area contributed by atoms with Crippen molar-refractivity contribution in [2.45, 2.75) is 38.4 Å². The van der Waals surface area contributed by atoms with Gasteiger partial charge < -0.3 is 24.9 Å². The molecular weight excluding hydrogens is 569 g/mol. The summed E-state index contributed by atoms with van der Waals surface area (Å²) in [5, 5.41) is 12.2. The monoisotopic (exact) mass is 595 g/mol. The number of fused-ring (bicyclic) bond motifs is 1. The number of aliphatic hydroxyl groups excluding tert-OH is 1. The zero-order valence-electron chi connectivity index (χ0n) is 19.5. The number of aromatic nitrogens is 2. The highest BCUT2D eigenvalue weighted by Crippen LogP contribution is 2.32. The maximum Gasteiger partial charge on any atom is 0.286 e. The number of benzene rings is 3. The fourth-order valence-electron chi connectivity index (χ4n) is 4.13. The number of carbonyl (C=O) groups is 1. The fourth-order valence-corrected chi connectivity index (χ4v) is 4.49. The lowest BCUT2D eigenvalue weighted by atomic mass is 9.93. The van der Waals surface area contributed by atoms with Gasteiger partial charge in [-0.05, 0) is 69.6 Å². The van der Waals surface area contributed by atoms with Crippen molar-refractivity contribution in [3.63, 3.8) is 0 Å². The van der Waals surface area contributed by atoms with Crippen molar-refractivity contribution in [2.75, 3.05) is 0 Å². The Morgan fingerprint density at radius 2 is 1.83 bits per heavy atom. The number of rotatable bonds is 8. The van der Waals surface area contributed by atoms with E-state index >= 15 is 0 Å². The second kappa shape index (κ2) is 11.2. The van der Waals surface area contributed by atoms with Crippen LogP contribution >= 0.6 is 22.6 Å². The van der Waals surface area contributed by atoms with Gasteiger partial charge in [0.15, 0.2) is 5.76 Å². The lowest BCUT2D eigenvalue weighted by Gasteiger charge is -2.29. The van der Waals surface area contributed by atoms with Crippen LogP contribution in [-0.2, 0) is 34.0 Å². The molecule has 3 aromatic carbocycles. The van der Waals surface area contributed by atoms with E-state index in [1.54, 1.807) is 0 Å². The summed E-state index contributed by atoms with van der Waals surface area (Å²) in [4.78, 5) is 20.8. The van der Waals surface area contributed by atoms with Gasteiger partial charge in [0.2, 0.25) is 6.29 Å². The summed E-state index contributed by atoms with van der Waals surface area (Å²) in [5.41, 5.74) is 4.69. The summed E-state index contributed by atoms with van der Waals surface area (Å²) < 4.78 is 13.2. The van der Waals surface area contributed by atoms with Crippen LogP contribution in [-0.4, -0.2) is 27.3 Å². The molecule has 0 bridgehead atoms. The Kier molecular flexibility index (Phi) is 7.64. The number of hydrogen-bond acceptors (Lipinski definition) is 5. The number of hydrogen-bond donors (Lipinski definition) is 3. The molecule has 184 valence electrons. The zero-order valence-corrected chi connectivity index (χ0v) is 21.6. The third-order valence-electron chi connectivity index (χ3n) is 6.08. The number of carbonyl (C=O) groups excluding carboxylic acids is 1. The molecule has 0 unspecified atom stereocenters. The van der Waals surface area contributed by atoms with E-state index in [0.29, 0.717) is 18.9 Å². The molecule has 36 heavy (non-hydrogen) atoms. The van der Waals surface area contributed by atoms with E-state index in [9.17, 15) is 9.90 Å². The molecule has 3 N–H and O–H groups in total. The maximum absolute atomic E-state index is 13.1. The number of nitrogens with zero attached hydrogens (tertiary/aromatic N) is 1. The van der Waals surface area contributed by atoms with E-state index in [1.165, 1.54) is 0 Å². The Hall–Kier alpha value is -3.21. The highest BCUT2D eigenvalue weighted by molar-refractivity contribution is 14.1. The first-order chi connectivity index (χ1) is 17.6. The topological polar surface area (TPSA) is 96.5 Å². The van der Waals surface area contributed by atoms with Crippen molar-refractivity contribution in [3.8, 4) is 0 Å². The molecular formula is C28H26IN3O4. The molecule has 2 heterocycles. The second-order valence-corrected chi connectivity index (χ2v) is 9.89. The van der Waals surface area contributed by atoms with Crippen LogP contribution in [0.3, 0.4) is 0 Å². The van der Waals surface area contributed by atoms with Gasteiger partial charge in [-0.25, -0.2) is 4.98 Å². The highest BCUT2D eigenvalue weighted by Gasteiger charge is 2.29. The summed E-state index contributed by atoms with van der Waals surface area (Å²) in [5.74, 6) is 0.576. The number of H-pyrrole nitrogens is 1. The van der Waals surface area contributed by atoms with E-state index in [4.69, 9.17) is 9.47 Å². The largest absolute Gasteiger partial charge is 0.459 e. The average Bonchev–Trinajstić information content (AvgIpc) is 3.34. The molecule has 1 amide bonds. The van der Waals surface area contributed by atoms with Crippen LogP contribution in [0.15, 0.2) is 84.6 Å². The van der Waals surface area contributed by atoms with E-state index in [-0.39, 0.29) is 30.7 Å². The Labute approximate surface area is 222 Å². The number of nitrogens with one attached hydrogen (secondary N) is 2. The van der Waals surface area contributed by atoms with Gasteiger partial charge in [0, 0.05) is 15.9 Å². The first kappa shape index (κ1) is 24.5. The number of ether oxygens (including phenoxy) is 2. The molecule has 0 aliphatic carbocycles. The van der Waals surface area contributed by atoms with Gasteiger partial charge in [-0.2, -0.15) is 0 Å². The number of aromatic amines is 1. The minimum atomic E-state index is -0.580. The Morgan fingerprint density at radius 3 is 2.58 bits per heavy atom. The third-order valence-corrected chi connectivity index (χ3v) is 6.79. The van der Waals surface area contributed by atoms with Gasteiger partial charge in [-0.1, -0.05) is 48.5 Å². The summed E-state index contributed by atoms with van der Waals surface area (Å²) in [6.45, 7) is 0.594. The molecule has 4 aromatic rings. The fraction of sp³-hybridized carbons (Fsp3) is 0.214. The third kappa shape index (κ3) is 5.95. The van der Waals surface area contributed by atoms with Crippen LogP contribution in [0.25, 0.3) is 11.0 Å². The lowest BCUT2D eigenvalue weighted by molar-refractivity contribution is -0.150. The Morgan fingerprint density at radius 1 is 1.08 bits per heavy atom. The Balaban J connectivity index is 1.29. The van der Waals surface area contributed by atoms with E-state index in [2.05, 4.69) is 62.1 Å². The predicted molar refractivity (Wildman–Crippen MR) is 145 cm³/mol. The second-order valence-electron chi connectivity index (χ2n) is 8.64. The lowest BCUT2D eigenvalue weighted by Crippen LogP contribution is -2.32. The Bertz CT molecular complexity index is 1330. The maximum atomic E-state index is 13.1. The average molecular weight is 595 g/mol. The van der Waals surface area contributed by atoms with Gasteiger partial charge in [-0.3, -0.25) is 4.79 Å². The summed E-state index contributed by atoms with van der Waals surface area (Å²) >= 11 is 2.28. The highest BCUT2D eigenvalue weighted by atomic mass is 127.